The van der Waals surface area contributed by atoms with Crippen molar-refractivity contribution in [3.8, 4) is 0 Å². The lowest BCUT2D eigenvalue weighted by Crippen LogP contribution is -2.30. The molecule has 0 saturated heterocycles. The molecule has 0 aliphatic carbocycles. The zero-order valence-corrected chi connectivity index (χ0v) is 11.2. The predicted molar refractivity (Wildman–Crippen MR) is 69.6 cm³/mol. The number of aromatic nitrogens is 2. The first-order chi connectivity index (χ1) is 8.92. The summed E-state index contributed by atoms with van der Waals surface area (Å²) in [7, 11) is -3.19. The number of nitrogen functional groups attached to an aromatic ring is 1. The highest BCUT2D eigenvalue weighted by atomic mass is 32.2. The zero-order chi connectivity index (χ0) is 14.3. The molecule has 0 unspecified atom stereocenters. The number of amides is 1. The minimum Gasteiger partial charge on any atom is -0.351 e. The molecule has 0 aliphatic rings. The van der Waals surface area contributed by atoms with Crippen molar-refractivity contribution >= 4 is 21.7 Å². The molecule has 0 bridgehead atoms. The van der Waals surface area contributed by atoms with E-state index in [9.17, 15) is 13.2 Å². The second-order valence-corrected chi connectivity index (χ2v) is 5.56. The average Bonchev–Trinajstić information content (AvgIpc) is 2.37. The number of anilines is 1. The van der Waals surface area contributed by atoms with E-state index in [0.29, 0.717) is 18.8 Å². The van der Waals surface area contributed by atoms with Crippen LogP contribution in [0.2, 0.25) is 0 Å². The molecule has 5 N–H and O–H groups in total. The standard InChI is InChI=1S/C9H16N6O3S/c1-19(17,18)12-6-2-5-11-9(16)7-3-4-8(13-10)15-14-7/h3-4,12H,2,5-6,10H2,1H3,(H,11,16)(H,13,15). The summed E-state index contributed by atoms with van der Waals surface area (Å²) >= 11 is 0. The van der Waals surface area contributed by atoms with Crippen LogP contribution in [-0.2, 0) is 10.0 Å². The third-order valence-electron chi connectivity index (χ3n) is 2.05. The lowest BCUT2D eigenvalue weighted by molar-refractivity contribution is 0.0947. The molecule has 1 heterocycles. The molecular formula is C9H16N6O3S. The van der Waals surface area contributed by atoms with Crippen LogP contribution >= 0.6 is 0 Å². The number of nitrogens with two attached hydrogens (primary N) is 1. The third-order valence-corrected chi connectivity index (χ3v) is 2.78. The highest BCUT2D eigenvalue weighted by molar-refractivity contribution is 7.88. The van der Waals surface area contributed by atoms with Crippen LogP contribution < -0.4 is 21.3 Å². The lowest BCUT2D eigenvalue weighted by atomic mass is 10.3. The first kappa shape index (κ1) is 15.3. The molecule has 0 aromatic carbocycles. The highest BCUT2D eigenvalue weighted by Crippen LogP contribution is 1.99. The fourth-order valence-corrected chi connectivity index (χ4v) is 1.68. The van der Waals surface area contributed by atoms with E-state index in [1.807, 2.05) is 0 Å². The number of carbonyl (C=O) groups is 1. The van der Waals surface area contributed by atoms with Gasteiger partial charge in [-0.05, 0) is 18.6 Å². The van der Waals surface area contributed by atoms with E-state index in [-0.39, 0.29) is 18.1 Å². The molecule has 0 saturated carbocycles. The number of sulfonamides is 1. The second-order valence-electron chi connectivity index (χ2n) is 3.72. The summed E-state index contributed by atoms with van der Waals surface area (Å²) in [5.74, 6) is 5.09. The number of hydrogen-bond acceptors (Lipinski definition) is 7. The fraction of sp³-hybridized carbons (Fsp3) is 0.444. The quantitative estimate of drug-likeness (QED) is 0.270. The minimum atomic E-state index is -3.19. The summed E-state index contributed by atoms with van der Waals surface area (Å²) in [5.41, 5.74) is 2.46. The van der Waals surface area contributed by atoms with Gasteiger partial charge in [-0.25, -0.2) is 19.0 Å². The molecule has 0 fully saturated rings. The minimum absolute atomic E-state index is 0.162. The van der Waals surface area contributed by atoms with Crippen LogP contribution in [0.15, 0.2) is 12.1 Å². The van der Waals surface area contributed by atoms with Crippen LogP contribution in [-0.4, -0.2) is 43.9 Å². The maximum absolute atomic E-state index is 11.6. The number of rotatable bonds is 7. The van der Waals surface area contributed by atoms with Gasteiger partial charge in [0.15, 0.2) is 11.5 Å². The predicted octanol–water partition coefficient (Wildman–Crippen LogP) is -1.57. The molecular weight excluding hydrogens is 272 g/mol. The molecule has 9 nitrogen and oxygen atoms in total. The average molecular weight is 288 g/mol. The van der Waals surface area contributed by atoms with Crippen molar-refractivity contribution < 1.29 is 13.2 Å². The summed E-state index contributed by atoms with van der Waals surface area (Å²) in [6.07, 6.45) is 1.56. The monoisotopic (exact) mass is 288 g/mol. The Hall–Kier alpha value is -1.78. The van der Waals surface area contributed by atoms with Crippen LogP contribution in [0.1, 0.15) is 16.9 Å². The Morgan fingerprint density at radius 3 is 2.58 bits per heavy atom. The van der Waals surface area contributed by atoms with Gasteiger partial charge < -0.3 is 10.7 Å². The number of nitrogens with zero attached hydrogens (tertiary/aromatic N) is 2. The molecule has 1 aromatic heterocycles. The van der Waals surface area contributed by atoms with Crippen molar-refractivity contribution in [2.45, 2.75) is 6.42 Å². The van der Waals surface area contributed by atoms with Crippen molar-refractivity contribution in [2.24, 2.45) is 5.84 Å². The van der Waals surface area contributed by atoms with Gasteiger partial charge in [-0.1, -0.05) is 0 Å². The normalized spacial score (nSPS) is 11.1. The largest absolute Gasteiger partial charge is 0.351 e. The van der Waals surface area contributed by atoms with E-state index < -0.39 is 10.0 Å². The van der Waals surface area contributed by atoms with E-state index in [1.54, 1.807) is 0 Å². The molecule has 0 atom stereocenters. The lowest BCUT2D eigenvalue weighted by Gasteiger charge is -2.05. The van der Waals surface area contributed by atoms with Gasteiger partial charge >= 0.3 is 0 Å². The Morgan fingerprint density at radius 1 is 1.32 bits per heavy atom. The zero-order valence-electron chi connectivity index (χ0n) is 10.4. The third kappa shape index (κ3) is 6.08. The topological polar surface area (TPSA) is 139 Å². The molecule has 1 amide bonds. The second kappa shape index (κ2) is 6.97. The molecule has 1 rings (SSSR count). The smallest absolute Gasteiger partial charge is 0.271 e. The molecule has 106 valence electrons. The van der Waals surface area contributed by atoms with Crippen LogP contribution in [0.4, 0.5) is 5.82 Å². The molecule has 0 radical (unpaired) electrons. The van der Waals surface area contributed by atoms with Gasteiger partial charge in [-0.2, -0.15) is 0 Å². The van der Waals surface area contributed by atoms with E-state index >= 15 is 0 Å². The molecule has 0 aliphatic heterocycles. The summed E-state index contributed by atoms with van der Waals surface area (Å²) in [6.45, 7) is 0.598. The Labute approximate surface area is 111 Å². The Balaban J connectivity index is 2.31. The number of nitrogens with one attached hydrogen (secondary N) is 3. The summed E-state index contributed by atoms with van der Waals surface area (Å²) < 4.78 is 23.9. The molecule has 10 heteroatoms. The van der Waals surface area contributed by atoms with Gasteiger partial charge in [0, 0.05) is 13.1 Å². The first-order valence-corrected chi connectivity index (χ1v) is 7.34. The van der Waals surface area contributed by atoms with E-state index in [2.05, 4.69) is 25.7 Å². The van der Waals surface area contributed by atoms with Crippen LogP contribution in [0.3, 0.4) is 0 Å². The summed E-state index contributed by atoms with van der Waals surface area (Å²) in [6, 6.07) is 3.00. The summed E-state index contributed by atoms with van der Waals surface area (Å²) in [5, 5.41) is 9.92. The van der Waals surface area contributed by atoms with Crippen LogP contribution in [0.5, 0.6) is 0 Å². The van der Waals surface area contributed by atoms with Crippen molar-refractivity contribution in [3.05, 3.63) is 17.8 Å². The number of hydrazine groups is 1. The van der Waals surface area contributed by atoms with Gasteiger partial charge in [0.2, 0.25) is 10.0 Å². The van der Waals surface area contributed by atoms with Gasteiger partial charge in [-0.15, -0.1) is 10.2 Å². The van der Waals surface area contributed by atoms with Gasteiger partial charge in [0.1, 0.15) is 0 Å². The van der Waals surface area contributed by atoms with Crippen molar-refractivity contribution in [1.82, 2.24) is 20.2 Å². The van der Waals surface area contributed by atoms with E-state index in [4.69, 9.17) is 5.84 Å². The number of carbonyl (C=O) groups excluding carboxylic acids is 1. The van der Waals surface area contributed by atoms with Gasteiger partial charge in [-0.3, -0.25) is 4.79 Å². The highest BCUT2D eigenvalue weighted by Gasteiger charge is 2.07. The maximum atomic E-state index is 11.6. The van der Waals surface area contributed by atoms with Crippen LogP contribution in [0.25, 0.3) is 0 Å². The van der Waals surface area contributed by atoms with Crippen molar-refractivity contribution in [1.29, 1.82) is 0 Å². The Bertz CT molecular complexity index is 515. The molecule has 1 aromatic rings. The van der Waals surface area contributed by atoms with Gasteiger partial charge in [0.05, 0.1) is 6.26 Å². The molecule has 19 heavy (non-hydrogen) atoms. The SMILES string of the molecule is CS(=O)(=O)NCCCNC(=O)c1ccc(NN)nn1. The van der Waals surface area contributed by atoms with Crippen molar-refractivity contribution in [3.63, 3.8) is 0 Å². The first-order valence-electron chi connectivity index (χ1n) is 5.45. The maximum Gasteiger partial charge on any atom is 0.271 e. The van der Waals surface area contributed by atoms with E-state index in [0.717, 1.165) is 6.26 Å². The van der Waals surface area contributed by atoms with Crippen molar-refractivity contribution in [2.75, 3.05) is 24.8 Å². The van der Waals surface area contributed by atoms with Gasteiger partial charge in [0.25, 0.3) is 5.91 Å². The Morgan fingerprint density at radius 2 is 2.05 bits per heavy atom. The summed E-state index contributed by atoms with van der Waals surface area (Å²) in [4.78, 5) is 11.6. The Kier molecular flexibility index (Phi) is 5.60. The fourth-order valence-electron chi connectivity index (χ4n) is 1.17. The molecule has 0 spiro atoms. The van der Waals surface area contributed by atoms with E-state index in [1.165, 1.54) is 12.1 Å². The van der Waals surface area contributed by atoms with Crippen LogP contribution in [0, 0.1) is 0 Å². The number of hydrogen-bond donors (Lipinski definition) is 4.